The van der Waals surface area contributed by atoms with Crippen molar-refractivity contribution in [2.24, 2.45) is 0 Å². The normalized spacial score (nSPS) is 10.8. The predicted octanol–water partition coefficient (Wildman–Crippen LogP) is 7.67. The van der Waals surface area contributed by atoms with E-state index in [0.717, 1.165) is 66.8 Å². The number of halogens is 6. The maximum Gasteiger partial charge on any atom is 1.00 e. The largest absolute Gasteiger partial charge is 1.00 e. The van der Waals surface area contributed by atoms with Gasteiger partial charge in [-0.05, 0) is 131 Å². The zero-order valence-corrected chi connectivity index (χ0v) is 40.6. The van der Waals surface area contributed by atoms with Gasteiger partial charge in [-0.3, -0.25) is 4.79 Å². The molecule has 0 aliphatic heterocycles. The van der Waals surface area contributed by atoms with E-state index >= 15 is 0 Å². The van der Waals surface area contributed by atoms with Crippen molar-refractivity contribution in [1.29, 1.82) is 0 Å². The first-order valence-corrected chi connectivity index (χ1v) is 18.6. The fourth-order valence-electron chi connectivity index (χ4n) is 6.91. The maximum atomic E-state index is 14.3. The number of rotatable bonds is 3. The second-order valence-corrected chi connectivity index (χ2v) is 14.8. The van der Waals surface area contributed by atoms with Crippen molar-refractivity contribution < 1.29 is 147 Å². The maximum absolute atomic E-state index is 14.3. The number of phenols is 2. The Morgan fingerprint density at radius 2 is 0.817 bits per heavy atom. The molecule has 2 heterocycles. The van der Waals surface area contributed by atoms with E-state index in [1.165, 1.54) is 36.4 Å². The van der Waals surface area contributed by atoms with Crippen molar-refractivity contribution in [3.05, 3.63) is 153 Å². The molecule has 15 heteroatoms. The number of fused-ring (bicyclic) bond motifs is 8. The third kappa shape index (κ3) is 9.57. The Balaban J connectivity index is 0.000000203. The summed E-state index contributed by atoms with van der Waals surface area (Å²) in [5, 5.41) is 38.6. The summed E-state index contributed by atoms with van der Waals surface area (Å²) in [6, 6.07) is 34.2. The van der Waals surface area contributed by atoms with Gasteiger partial charge in [0.05, 0.1) is 0 Å². The molecular weight excluding hydrogens is 910 g/mol. The van der Waals surface area contributed by atoms with Gasteiger partial charge in [-0.2, -0.15) is 0 Å². The van der Waals surface area contributed by atoms with Crippen LogP contribution in [0.25, 0.3) is 87.7 Å². The molecule has 7 nitrogen and oxygen atoms in total. The third-order valence-corrected chi connectivity index (χ3v) is 10.4. The summed E-state index contributed by atoms with van der Waals surface area (Å²) in [5.41, 5.74) is 4.15. The van der Waals surface area contributed by atoms with E-state index in [9.17, 15) is 19.0 Å². The van der Waals surface area contributed by atoms with Gasteiger partial charge in [-0.15, -0.1) is 0 Å². The van der Waals surface area contributed by atoms with Crippen LogP contribution in [0, 0.1) is 11.6 Å². The van der Waals surface area contributed by atoms with Gasteiger partial charge in [-0.25, -0.2) is 8.78 Å². The van der Waals surface area contributed by atoms with Gasteiger partial charge >= 0.3 is 103 Å². The first-order valence-electron chi connectivity index (χ1n) is 17.1. The monoisotopic (exact) mass is 932 g/mol. The second kappa shape index (κ2) is 19.7. The van der Waals surface area contributed by atoms with Crippen LogP contribution in [0.4, 0.5) is 8.78 Å². The topological polar surface area (TPSA) is 116 Å². The summed E-state index contributed by atoms with van der Waals surface area (Å²) in [6.07, 6.45) is 0. The number of aromatic hydroxyl groups is 2. The van der Waals surface area contributed by atoms with Gasteiger partial charge in [0.2, 0.25) is 0 Å². The average Bonchev–Trinajstić information content (AvgIpc) is 3.72. The Bertz CT molecular complexity index is 3070. The Hall–Kier alpha value is -2.80. The summed E-state index contributed by atoms with van der Waals surface area (Å²) in [4.78, 5) is 11.2. The van der Waals surface area contributed by atoms with E-state index in [4.69, 9.17) is 65.3 Å². The van der Waals surface area contributed by atoms with Gasteiger partial charge in [0.25, 0.3) is 6.47 Å². The molecule has 10 rings (SSSR count). The molecule has 2 N–H and O–H groups in total. The summed E-state index contributed by atoms with van der Waals surface area (Å²) in [7, 11) is 0. The zero-order chi connectivity index (χ0) is 40.8. The van der Waals surface area contributed by atoms with Crippen molar-refractivity contribution in [2.45, 2.75) is 0 Å². The molecule has 0 spiro atoms. The average molecular weight is 935 g/mol. The number of hydrogen-bond donors (Lipinski definition) is 2. The van der Waals surface area contributed by atoms with E-state index in [1.807, 2.05) is 36.4 Å². The van der Waals surface area contributed by atoms with Crippen molar-refractivity contribution >= 4 is 118 Å². The number of carbonyl (C=O) groups is 1. The van der Waals surface area contributed by atoms with Crippen LogP contribution in [0.3, 0.4) is 0 Å². The molecule has 0 saturated heterocycles. The van der Waals surface area contributed by atoms with Crippen LogP contribution >= 0.6 is 46.4 Å². The van der Waals surface area contributed by atoms with Crippen molar-refractivity contribution in [3.8, 4) is 33.8 Å². The first kappa shape index (κ1) is 46.7. The fourth-order valence-corrected chi connectivity index (χ4v) is 7.56. The van der Waals surface area contributed by atoms with Crippen molar-refractivity contribution in [1.82, 2.24) is 0 Å². The van der Waals surface area contributed by atoms with E-state index in [2.05, 4.69) is 29.2 Å². The minimum atomic E-state index is -0.579. The SMILES string of the molecule is Clc1ccc2c(c1)oc1cc3cc4oc5cc(Cl)ccc5c4cc3cc12.O=CO[O-].Oc1cc2cc(O)c(-c3ccc(Cl)cc3F)cc2cc1-c1ccc(Cl)cc1F.[H-].[K+].[K+]. The Kier molecular flexibility index (Phi) is 15.3. The van der Waals surface area contributed by atoms with Gasteiger partial charge in [0.1, 0.15) is 45.5 Å². The first-order chi connectivity index (χ1) is 27.9. The molecule has 8 aromatic carbocycles. The van der Waals surface area contributed by atoms with Gasteiger partial charge < -0.3 is 30.6 Å². The molecule has 0 bridgehead atoms. The Morgan fingerprint density at radius 3 is 1.22 bits per heavy atom. The summed E-state index contributed by atoms with van der Waals surface area (Å²) < 4.78 is 40.6. The number of carbonyl (C=O) groups excluding carboxylic acids is 1. The number of hydrogen-bond acceptors (Lipinski definition) is 7. The number of benzene rings is 8. The third-order valence-electron chi connectivity index (χ3n) is 9.50. The molecule has 2 aromatic heterocycles. The smallest absolute Gasteiger partial charge is 1.00 e. The predicted molar refractivity (Wildman–Crippen MR) is 225 cm³/mol. The van der Waals surface area contributed by atoms with Crippen LogP contribution in [-0.2, 0) is 9.68 Å². The van der Waals surface area contributed by atoms with Crippen LogP contribution < -0.4 is 108 Å². The number of phenolic OH excluding ortho intramolecular Hbond substituents is 2. The van der Waals surface area contributed by atoms with Crippen LogP contribution in [0.2, 0.25) is 20.1 Å². The Morgan fingerprint density at radius 1 is 0.483 bits per heavy atom. The molecule has 0 amide bonds. The van der Waals surface area contributed by atoms with Crippen molar-refractivity contribution in [2.75, 3.05) is 0 Å². The summed E-state index contributed by atoms with van der Waals surface area (Å²) in [5.74, 6) is -1.47. The minimum absolute atomic E-state index is 0. The van der Waals surface area contributed by atoms with Crippen LogP contribution in [0.15, 0.2) is 130 Å². The van der Waals surface area contributed by atoms with E-state index < -0.39 is 11.6 Å². The van der Waals surface area contributed by atoms with Crippen LogP contribution in [0.1, 0.15) is 1.43 Å². The standard InChI is InChI=1S/C22H12Cl2F2O2.C22H10Cl2O2.CH2O3.2K.H/c23-13-1-3-15(19(25)9-13)17-5-11-6-18(16-4-2-14(24)10-20(16)26)22(28)8-12(11)7-21(17)27;23-13-1-3-15-17-5-11-6-18-16-4-2-14(24)10-22(16)26-20(18)8-12(11)7-19(17)25-21(15)9-13;2-1-4-3;;;/h1-10,27-28H;1-10H;1,3H;;;/q;;;2*+1;-1/p-1. The van der Waals surface area contributed by atoms with Gasteiger partial charge in [0, 0.05) is 76.0 Å². The minimum Gasteiger partial charge on any atom is -1.00 e. The molecule has 0 aliphatic carbocycles. The molecule has 0 saturated carbocycles. The van der Waals surface area contributed by atoms with Gasteiger partial charge in [0.15, 0.2) is 0 Å². The van der Waals surface area contributed by atoms with Gasteiger partial charge in [-0.1, -0.05) is 46.4 Å². The second-order valence-electron chi connectivity index (χ2n) is 13.1. The summed E-state index contributed by atoms with van der Waals surface area (Å²) in [6.45, 7) is -0.181. The number of furan rings is 2. The van der Waals surface area contributed by atoms with E-state index in [1.54, 1.807) is 12.1 Å². The molecule has 60 heavy (non-hydrogen) atoms. The molecule has 0 atom stereocenters. The summed E-state index contributed by atoms with van der Waals surface area (Å²) >= 11 is 23.8. The molecule has 0 aliphatic rings. The Labute approximate surface area is 445 Å². The van der Waals surface area contributed by atoms with E-state index in [0.29, 0.717) is 20.8 Å². The fraction of sp³-hybridized carbons (Fsp3) is 0. The zero-order valence-electron chi connectivity index (χ0n) is 32.3. The van der Waals surface area contributed by atoms with Crippen molar-refractivity contribution in [3.63, 3.8) is 0 Å². The molecule has 0 unspecified atom stereocenters. The quantitative estimate of drug-likeness (QED) is 0.0809. The van der Waals surface area contributed by atoms with Crippen LogP contribution in [0.5, 0.6) is 11.5 Å². The molecule has 0 fully saturated rings. The molecule has 0 radical (unpaired) electrons. The van der Waals surface area contributed by atoms with E-state index in [-0.39, 0.29) is 154 Å². The molecular formula is C45H24Cl4F2K2O7. The molecule has 290 valence electrons. The molecule has 10 aromatic rings. The van der Waals surface area contributed by atoms with Crippen LogP contribution in [-0.4, -0.2) is 16.7 Å².